The fourth-order valence-electron chi connectivity index (χ4n) is 1.51. The molecule has 1 aromatic carbocycles. The number of rotatable bonds is 6. The number of benzene rings is 1. The molecule has 0 aliphatic carbocycles. The Kier molecular flexibility index (Phi) is 7.65. The highest BCUT2D eigenvalue weighted by atomic mass is 35.5. The summed E-state index contributed by atoms with van der Waals surface area (Å²) in [6.45, 7) is 0.654. The van der Waals surface area contributed by atoms with E-state index in [4.69, 9.17) is 10.5 Å². The zero-order valence-electron chi connectivity index (χ0n) is 12.1. The molecular weight excluding hydrogens is 318 g/mol. The molecular formula is C12H20ClN3O4S. The number of hydrogen-bond acceptors (Lipinski definition) is 5. The number of nitrogens with one attached hydrogen (secondary N) is 1. The summed E-state index contributed by atoms with van der Waals surface area (Å²) < 4.78 is 30.2. The number of sulfonamides is 1. The molecule has 0 saturated heterocycles. The summed E-state index contributed by atoms with van der Waals surface area (Å²) in [5.41, 5.74) is 5.57. The predicted molar refractivity (Wildman–Crippen MR) is 82.5 cm³/mol. The van der Waals surface area contributed by atoms with Crippen molar-refractivity contribution >= 4 is 28.3 Å². The van der Waals surface area contributed by atoms with Gasteiger partial charge in [0.15, 0.2) is 0 Å². The molecule has 0 aliphatic heterocycles. The zero-order chi connectivity index (χ0) is 15.3. The summed E-state index contributed by atoms with van der Waals surface area (Å²) in [7, 11) is 0.677. The third-order valence-electron chi connectivity index (χ3n) is 2.63. The van der Waals surface area contributed by atoms with E-state index in [9.17, 15) is 13.2 Å². The lowest BCUT2D eigenvalue weighted by atomic mass is 10.2. The van der Waals surface area contributed by atoms with Crippen LogP contribution in [0.1, 0.15) is 10.4 Å². The Morgan fingerprint density at radius 3 is 2.48 bits per heavy atom. The Balaban J connectivity index is 0.00000400. The average Bonchev–Trinajstić information content (AvgIpc) is 2.43. The van der Waals surface area contributed by atoms with Crippen molar-refractivity contribution < 1.29 is 17.9 Å². The van der Waals surface area contributed by atoms with Gasteiger partial charge in [-0.25, -0.2) is 12.7 Å². The SMILES string of the molecule is COc1cc(S(=O)(=O)N(C)C)ccc1C(=O)NCCN.Cl. The van der Waals surface area contributed by atoms with Crippen molar-refractivity contribution in [2.75, 3.05) is 34.3 Å². The van der Waals surface area contributed by atoms with Crippen LogP contribution in [-0.2, 0) is 10.0 Å². The van der Waals surface area contributed by atoms with E-state index in [-0.39, 0.29) is 34.5 Å². The second-order valence-electron chi connectivity index (χ2n) is 4.19. The van der Waals surface area contributed by atoms with Crippen molar-refractivity contribution in [3.63, 3.8) is 0 Å². The molecule has 1 amide bonds. The van der Waals surface area contributed by atoms with Crippen molar-refractivity contribution in [3.8, 4) is 5.75 Å². The molecule has 0 unspecified atom stereocenters. The topological polar surface area (TPSA) is 102 Å². The van der Waals surface area contributed by atoms with Crippen LogP contribution < -0.4 is 15.8 Å². The lowest BCUT2D eigenvalue weighted by Crippen LogP contribution is -2.29. The van der Waals surface area contributed by atoms with E-state index in [1.54, 1.807) is 0 Å². The predicted octanol–water partition coefficient (Wildman–Crippen LogP) is 0.0558. The molecule has 0 radical (unpaired) electrons. The summed E-state index contributed by atoms with van der Waals surface area (Å²) in [5, 5.41) is 2.60. The zero-order valence-corrected chi connectivity index (χ0v) is 13.8. The molecule has 0 aliphatic rings. The molecule has 7 nitrogen and oxygen atoms in total. The van der Waals surface area contributed by atoms with Crippen molar-refractivity contribution in [1.82, 2.24) is 9.62 Å². The highest BCUT2D eigenvalue weighted by Crippen LogP contribution is 2.24. The van der Waals surface area contributed by atoms with Crippen LogP contribution in [-0.4, -0.2) is 52.9 Å². The van der Waals surface area contributed by atoms with Crippen LogP contribution in [0.2, 0.25) is 0 Å². The van der Waals surface area contributed by atoms with E-state index in [1.807, 2.05) is 0 Å². The van der Waals surface area contributed by atoms with Crippen LogP contribution in [0.15, 0.2) is 23.1 Å². The van der Waals surface area contributed by atoms with Crippen LogP contribution in [0.25, 0.3) is 0 Å². The van der Waals surface area contributed by atoms with Gasteiger partial charge in [0.2, 0.25) is 10.0 Å². The first-order valence-corrected chi connectivity index (χ1v) is 7.37. The average molecular weight is 338 g/mol. The summed E-state index contributed by atoms with van der Waals surface area (Å²) in [4.78, 5) is 11.9. The number of carbonyl (C=O) groups is 1. The van der Waals surface area contributed by atoms with E-state index in [0.717, 1.165) is 4.31 Å². The number of halogens is 1. The third kappa shape index (κ3) is 4.57. The van der Waals surface area contributed by atoms with Crippen molar-refractivity contribution in [2.24, 2.45) is 5.73 Å². The quantitative estimate of drug-likeness (QED) is 0.764. The number of carbonyl (C=O) groups excluding carboxylic acids is 1. The van der Waals surface area contributed by atoms with E-state index < -0.39 is 10.0 Å². The molecule has 9 heteroatoms. The Hall–Kier alpha value is -1.35. The minimum Gasteiger partial charge on any atom is -0.496 e. The van der Waals surface area contributed by atoms with Gasteiger partial charge < -0.3 is 15.8 Å². The highest BCUT2D eigenvalue weighted by molar-refractivity contribution is 7.89. The molecule has 3 N–H and O–H groups in total. The molecule has 0 aromatic heterocycles. The second kappa shape index (κ2) is 8.18. The van der Waals surface area contributed by atoms with Gasteiger partial charge in [0.05, 0.1) is 17.6 Å². The fourth-order valence-corrected chi connectivity index (χ4v) is 2.43. The number of hydrogen-bond donors (Lipinski definition) is 2. The molecule has 0 saturated carbocycles. The first kappa shape index (κ1) is 19.7. The number of methoxy groups -OCH3 is 1. The fraction of sp³-hybridized carbons (Fsp3) is 0.417. The maximum atomic E-state index is 12.0. The van der Waals surface area contributed by atoms with Gasteiger partial charge in [0, 0.05) is 33.3 Å². The monoisotopic (exact) mass is 337 g/mol. The number of ether oxygens (including phenoxy) is 1. The lowest BCUT2D eigenvalue weighted by Gasteiger charge is -2.14. The van der Waals surface area contributed by atoms with Gasteiger partial charge in [-0.15, -0.1) is 12.4 Å². The molecule has 0 heterocycles. The normalized spacial score (nSPS) is 10.9. The van der Waals surface area contributed by atoms with E-state index in [2.05, 4.69) is 5.32 Å². The van der Waals surface area contributed by atoms with Gasteiger partial charge in [-0.3, -0.25) is 4.79 Å². The number of nitrogens with zero attached hydrogens (tertiary/aromatic N) is 1. The summed E-state index contributed by atoms with van der Waals surface area (Å²) >= 11 is 0. The maximum absolute atomic E-state index is 12.0. The summed E-state index contributed by atoms with van der Waals surface area (Å²) in [6.07, 6.45) is 0. The van der Waals surface area contributed by atoms with Gasteiger partial charge in [-0.05, 0) is 12.1 Å². The van der Waals surface area contributed by atoms with Crippen LogP contribution in [0.5, 0.6) is 5.75 Å². The van der Waals surface area contributed by atoms with E-state index in [1.165, 1.54) is 39.4 Å². The molecule has 0 atom stereocenters. The van der Waals surface area contributed by atoms with Crippen LogP contribution >= 0.6 is 12.4 Å². The Bertz CT molecular complexity index is 590. The Morgan fingerprint density at radius 2 is 2.00 bits per heavy atom. The molecule has 1 rings (SSSR count). The van der Waals surface area contributed by atoms with E-state index in [0.29, 0.717) is 13.1 Å². The Morgan fingerprint density at radius 1 is 1.38 bits per heavy atom. The van der Waals surface area contributed by atoms with Gasteiger partial charge in [-0.1, -0.05) is 0 Å². The Labute approximate surface area is 130 Å². The highest BCUT2D eigenvalue weighted by Gasteiger charge is 2.20. The molecule has 21 heavy (non-hydrogen) atoms. The molecule has 120 valence electrons. The standard InChI is InChI=1S/C12H19N3O4S.ClH/c1-15(2)20(17,18)9-4-5-10(11(8-9)19-3)12(16)14-7-6-13;/h4-5,8H,6-7,13H2,1-3H3,(H,14,16);1H. The minimum absolute atomic E-state index is 0. The van der Waals surface area contributed by atoms with Crippen molar-refractivity contribution in [1.29, 1.82) is 0 Å². The largest absolute Gasteiger partial charge is 0.496 e. The van der Waals surface area contributed by atoms with Crippen LogP contribution in [0.3, 0.4) is 0 Å². The minimum atomic E-state index is -3.57. The summed E-state index contributed by atoms with van der Waals surface area (Å²) in [6, 6.07) is 4.11. The van der Waals surface area contributed by atoms with Crippen molar-refractivity contribution in [3.05, 3.63) is 23.8 Å². The smallest absolute Gasteiger partial charge is 0.255 e. The van der Waals surface area contributed by atoms with Crippen LogP contribution in [0.4, 0.5) is 0 Å². The molecule has 0 spiro atoms. The summed E-state index contributed by atoms with van der Waals surface area (Å²) in [5.74, 6) is -0.163. The van der Waals surface area contributed by atoms with Gasteiger partial charge >= 0.3 is 0 Å². The third-order valence-corrected chi connectivity index (χ3v) is 4.44. The number of nitrogens with two attached hydrogens (primary N) is 1. The second-order valence-corrected chi connectivity index (χ2v) is 6.35. The molecule has 0 bridgehead atoms. The van der Waals surface area contributed by atoms with Gasteiger partial charge in [0.1, 0.15) is 5.75 Å². The van der Waals surface area contributed by atoms with Gasteiger partial charge in [-0.2, -0.15) is 0 Å². The van der Waals surface area contributed by atoms with Gasteiger partial charge in [0.25, 0.3) is 5.91 Å². The number of amides is 1. The van der Waals surface area contributed by atoms with Crippen LogP contribution in [0, 0.1) is 0 Å². The lowest BCUT2D eigenvalue weighted by molar-refractivity contribution is 0.0951. The first-order valence-electron chi connectivity index (χ1n) is 5.93. The first-order chi connectivity index (χ1) is 9.34. The maximum Gasteiger partial charge on any atom is 0.255 e. The van der Waals surface area contributed by atoms with Crippen molar-refractivity contribution in [2.45, 2.75) is 4.90 Å². The molecule has 0 fully saturated rings. The molecule has 1 aromatic rings. The van der Waals surface area contributed by atoms with E-state index >= 15 is 0 Å².